The quantitative estimate of drug-likeness (QED) is 0.838. The second-order valence-corrected chi connectivity index (χ2v) is 7.02. The minimum atomic E-state index is -3.58. The van der Waals surface area contributed by atoms with Crippen LogP contribution in [-0.2, 0) is 14.8 Å². The van der Waals surface area contributed by atoms with E-state index in [0.717, 1.165) is 12.8 Å². The third kappa shape index (κ3) is 3.79. The van der Waals surface area contributed by atoms with Gasteiger partial charge < -0.3 is 9.64 Å². The number of rotatable bonds is 5. The van der Waals surface area contributed by atoms with Crippen molar-refractivity contribution in [1.29, 1.82) is 0 Å². The molecular formula is C13H17ClN2O4S. The lowest BCUT2D eigenvalue weighted by Gasteiger charge is -2.28. The summed E-state index contributed by atoms with van der Waals surface area (Å²) < 4.78 is 30.7. The van der Waals surface area contributed by atoms with Crippen LogP contribution in [0.25, 0.3) is 0 Å². The third-order valence-corrected chi connectivity index (χ3v) is 4.91. The molecule has 1 saturated heterocycles. The molecule has 2 rings (SSSR count). The average Bonchev–Trinajstić information content (AvgIpc) is 2.47. The van der Waals surface area contributed by atoms with Gasteiger partial charge in [0.05, 0.1) is 18.5 Å². The number of methoxy groups -OCH3 is 1. The van der Waals surface area contributed by atoms with E-state index in [9.17, 15) is 13.2 Å². The Labute approximate surface area is 129 Å². The van der Waals surface area contributed by atoms with Crippen LogP contribution in [0.5, 0.6) is 5.75 Å². The number of carbonyl (C=O) groups excluding carboxylic acids is 1. The summed E-state index contributed by atoms with van der Waals surface area (Å²) in [7, 11) is -2.07. The number of ether oxygens (including phenoxy) is 1. The number of piperidine rings is 1. The molecule has 0 aliphatic carbocycles. The van der Waals surface area contributed by atoms with Gasteiger partial charge in [-0.3, -0.25) is 9.52 Å². The summed E-state index contributed by atoms with van der Waals surface area (Å²) >= 11 is 5.37. The molecular weight excluding hydrogens is 316 g/mol. The number of anilines is 2. The number of alkyl halides is 1. The van der Waals surface area contributed by atoms with Gasteiger partial charge >= 0.3 is 0 Å². The van der Waals surface area contributed by atoms with Crippen LogP contribution >= 0.6 is 11.6 Å². The fraction of sp³-hybridized carbons (Fsp3) is 0.462. The Kier molecular flexibility index (Phi) is 4.95. The number of halogens is 1. The average molecular weight is 333 g/mol. The Bertz CT molecular complexity index is 633. The van der Waals surface area contributed by atoms with Crippen molar-refractivity contribution in [2.75, 3.05) is 28.5 Å². The van der Waals surface area contributed by atoms with Gasteiger partial charge in [0.1, 0.15) is 11.0 Å². The van der Waals surface area contributed by atoms with Gasteiger partial charge in [-0.15, -0.1) is 11.6 Å². The highest BCUT2D eigenvalue weighted by atomic mass is 35.5. The van der Waals surface area contributed by atoms with E-state index in [-0.39, 0.29) is 5.91 Å². The molecule has 1 aliphatic rings. The maximum Gasteiger partial charge on any atom is 0.246 e. The number of nitrogens with zero attached hydrogens (tertiary/aromatic N) is 1. The first kappa shape index (κ1) is 15.9. The van der Waals surface area contributed by atoms with Crippen LogP contribution in [0.15, 0.2) is 18.2 Å². The fourth-order valence-electron chi connectivity index (χ4n) is 2.23. The maximum atomic E-state index is 12.0. The predicted octanol–water partition coefficient (Wildman–Crippen LogP) is 2.15. The van der Waals surface area contributed by atoms with Crippen LogP contribution in [0.2, 0.25) is 0 Å². The van der Waals surface area contributed by atoms with E-state index in [0.29, 0.717) is 30.1 Å². The number of nitrogens with one attached hydrogen (secondary N) is 1. The molecule has 6 nitrogen and oxygen atoms in total. The van der Waals surface area contributed by atoms with Gasteiger partial charge in [-0.1, -0.05) is 0 Å². The summed E-state index contributed by atoms with van der Waals surface area (Å²) in [6.45, 7) is 0.598. The van der Waals surface area contributed by atoms with Crippen molar-refractivity contribution in [2.24, 2.45) is 0 Å². The van der Waals surface area contributed by atoms with Gasteiger partial charge in [-0.2, -0.15) is 0 Å². The van der Waals surface area contributed by atoms with Crippen LogP contribution in [0.4, 0.5) is 11.4 Å². The van der Waals surface area contributed by atoms with Crippen LogP contribution in [0.1, 0.15) is 19.3 Å². The van der Waals surface area contributed by atoms with Gasteiger partial charge in [0.25, 0.3) is 0 Å². The molecule has 0 bridgehead atoms. The monoisotopic (exact) mass is 332 g/mol. The number of benzene rings is 1. The summed E-state index contributed by atoms with van der Waals surface area (Å²) in [5.74, 6) is 0.538. The molecule has 1 aromatic carbocycles. The number of hydrogen-bond donors (Lipinski definition) is 1. The van der Waals surface area contributed by atoms with Gasteiger partial charge in [0, 0.05) is 13.0 Å². The summed E-state index contributed by atoms with van der Waals surface area (Å²) in [5, 5.41) is -0.531. The third-order valence-electron chi connectivity index (χ3n) is 3.21. The topological polar surface area (TPSA) is 75.7 Å². The molecule has 1 N–H and O–H groups in total. The van der Waals surface area contributed by atoms with Crippen molar-refractivity contribution < 1.29 is 17.9 Å². The van der Waals surface area contributed by atoms with Crippen molar-refractivity contribution >= 4 is 38.9 Å². The van der Waals surface area contributed by atoms with E-state index < -0.39 is 15.2 Å². The Hall–Kier alpha value is -1.47. The minimum Gasteiger partial charge on any atom is -0.495 e. The zero-order valence-corrected chi connectivity index (χ0v) is 13.2. The first-order chi connectivity index (χ1) is 9.96. The Balaban J connectivity index is 2.36. The minimum absolute atomic E-state index is 0.0110. The molecule has 1 heterocycles. The number of hydrogen-bond acceptors (Lipinski definition) is 4. The molecule has 0 aromatic heterocycles. The van der Waals surface area contributed by atoms with E-state index >= 15 is 0 Å². The SMILES string of the molecule is COc1ccc(NS(=O)(=O)CCl)cc1N1CCCCC1=O. The van der Waals surface area contributed by atoms with E-state index in [1.54, 1.807) is 23.1 Å². The summed E-state index contributed by atoms with van der Waals surface area (Å²) in [6.07, 6.45) is 2.27. The zero-order valence-electron chi connectivity index (χ0n) is 11.6. The first-order valence-corrected chi connectivity index (χ1v) is 8.70. The van der Waals surface area contributed by atoms with E-state index in [2.05, 4.69) is 4.72 Å². The highest BCUT2D eigenvalue weighted by Gasteiger charge is 2.23. The highest BCUT2D eigenvalue weighted by molar-refractivity contribution is 7.93. The van der Waals surface area contributed by atoms with Crippen LogP contribution < -0.4 is 14.4 Å². The Morgan fingerprint density at radius 3 is 2.76 bits per heavy atom. The van der Waals surface area contributed by atoms with Crippen molar-refractivity contribution in [3.05, 3.63) is 18.2 Å². The lowest BCUT2D eigenvalue weighted by atomic mass is 10.1. The molecule has 1 amide bonds. The molecule has 21 heavy (non-hydrogen) atoms. The van der Waals surface area contributed by atoms with Gasteiger partial charge in [0.2, 0.25) is 15.9 Å². The Morgan fingerprint density at radius 2 is 2.14 bits per heavy atom. The standard InChI is InChI=1S/C13H17ClN2O4S/c1-20-12-6-5-10(15-21(18,19)9-14)8-11(12)16-7-3-2-4-13(16)17/h5-6,8,15H,2-4,7,9H2,1H3. The molecule has 116 valence electrons. The molecule has 0 saturated carbocycles. The van der Waals surface area contributed by atoms with Crippen LogP contribution in [0.3, 0.4) is 0 Å². The number of amides is 1. The molecule has 8 heteroatoms. The lowest BCUT2D eigenvalue weighted by molar-refractivity contribution is -0.119. The van der Waals surface area contributed by atoms with E-state index in [1.807, 2.05) is 0 Å². The predicted molar refractivity (Wildman–Crippen MR) is 82.5 cm³/mol. The molecule has 0 radical (unpaired) electrons. The van der Waals surface area contributed by atoms with Crippen LogP contribution in [0, 0.1) is 0 Å². The largest absolute Gasteiger partial charge is 0.495 e. The van der Waals surface area contributed by atoms with Crippen LogP contribution in [-0.4, -0.2) is 33.2 Å². The van der Waals surface area contributed by atoms with Gasteiger partial charge in [-0.05, 0) is 31.0 Å². The summed E-state index contributed by atoms with van der Waals surface area (Å²) in [4.78, 5) is 13.7. The van der Waals surface area contributed by atoms with Crippen molar-refractivity contribution in [3.63, 3.8) is 0 Å². The second kappa shape index (κ2) is 6.53. The molecule has 0 spiro atoms. The Morgan fingerprint density at radius 1 is 1.38 bits per heavy atom. The first-order valence-electron chi connectivity index (χ1n) is 6.51. The molecule has 0 unspecified atom stereocenters. The van der Waals surface area contributed by atoms with Crippen molar-refractivity contribution in [3.8, 4) is 5.75 Å². The smallest absolute Gasteiger partial charge is 0.246 e. The normalized spacial score (nSPS) is 15.9. The van der Waals surface area contributed by atoms with E-state index in [4.69, 9.17) is 16.3 Å². The fourth-order valence-corrected chi connectivity index (χ4v) is 2.94. The highest BCUT2D eigenvalue weighted by Crippen LogP contribution is 2.33. The molecule has 1 aromatic rings. The maximum absolute atomic E-state index is 12.0. The second-order valence-electron chi connectivity index (χ2n) is 4.72. The molecule has 1 fully saturated rings. The number of carbonyl (C=O) groups is 1. The summed E-state index contributed by atoms with van der Waals surface area (Å²) in [5.41, 5.74) is 0.918. The molecule has 0 atom stereocenters. The number of sulfonamides is 1. The van der Waals surface area contributed by atoms with Crippen molar-refractivity contribution in [1.82, 2.24) is 0 Å². The summed E-state index contributed by atoms with van der Waals surface area (Å²) in [6, 6.07) is 4.79. The van der Waals surface area contributed by atoms with E-state index in [1.165, 1.54) is 7.11 Å². The van der Waals surface area contributed by atoms with Gasteiger partial charge in [-0.25, -0.2) is 8.42 Å². The lowest BCUT2D eigenvalue weighted by Crippen LogP contribution is -2.35. The van der Waals surface area contributed by atoms with Gasteiger partial charge in [0.15, 0.2) is 0 Å². The molecule has 1 aliphatic heterocycles. The zero-order chi connectivity index (χ0) is 15.5. The van der Waals surface area contributed by atoms with Crippen molar-refractivity contribution in [2.45, 2.75) is 19.3 Å².